The number of aromatic carboxylic acids is 1. The van der Waals surface area contributed by atoms with Crippen LogP contribution in [-0.4, -0.2) is 11.9 Å². The van der Waals surface area contributed by atoms with Gasteiger partial charge in [0.05, 0.1) is 5.97 Å². The normalized spacial score (nSPS) is 13.7. The molecule has 0 atom stereocenters. The molecule has 0 saturated heterocycles. The summed E-state index contributed by atoms with van der Waals surface area (Å²) in [5, 5.41) is 14.5. The molecular weight excluding hydrogens is 310 g/mol. The summed E-state index contributed by atoms with van der Waals surface area (Å²) in [5.41, 5.74) is 1.91. The van der Waals surface area contributed by atoms with Gasteiger partial charge in [0.15, 0.2) is 0 Å². The third kappa shape index (κ3) is 3.51. The van der Waals surface area contributed by atoms with Gasteiger partial charge in [-0.15, -0.1) is 11.3 Å². The van der Waals surface area contributed by atoms with Crippen LogP contribution in [0, 0.1) is 0 Å². The maximum atomic E-state index is 12.1. The SMILES string of the molecule is O=C(C=Cc1ccccc1)Nc1sc2c(c1C(=O)[O-])CCCC2. The predicted molar refractivity (Wildman–Crippen MR) is 89.4 cm³/mol. The molecule has 5 heteroatoms. The Labute approximate surface area is 138 Å². The van der Waals surface area contributed by atoms with Crippen LogP contribution in [0.15, 0.2) is 36.4 Å². The number of aryl methyl sites for hydroxylation is 1. The number of carboxylic acids is 1. The minimum atomic E-state index is -1.22. The van der Waals surface area contributed by atoms with E-state index in [1.165, 1.54) is 17.4 Å². The van der Waals surface area contributed by atoms with Crippen molar-refractivity contribution < 1.29 is 14.7 Å². The summed E-state index contributed by atoms with van der Waals surface area (Å²) in [6.07, 6.45) is 6.75. The Kier molecular flexibility index (Phi) is 4.57. The summed E-state index contributed by atoms with van der Waals surface area (Å²) in [7, 11) is 0. The Bertz CT molecular complexity index is 762. The van der Waals surface area contributed by atoms with E-state index in [-0.39, 0.29) is 11.5 Å². The average molecular weight is 326 g/mol. The van der Waals surface area contributed by atoms with E-state index in [0.717, 1.165) is 41.7 Å². The molecule has 1 amide bonds. The Morgan fingerprint density at radius 1 is 1.13 bits per heavy atom. The van der Waals surface area contributed by atoms with E-state index in [2.05, 4.69) is 5.32 Å². The van der Waals surface area contributed by atoms with Crippen LogP contribution in [0.25, 0.3) is 6.08 Å². The van der Waals surface area contributed by atoms with Crippen LogP contribution in [-0.2, 0) is 17.6 Å². The molecule has 1 heterocycles. The topological polar surface area (TPSA) is 69.2 Å². The Morgan fingerprint density at radius 3 is 2.61 bits per heavy atom. The van der Waals surface area contributed by atoms with Gasteiger partial charge in [-0.2, -0.15) is 0 Å². The lowest BCUT2D eigenvalue weighted by Gasteiger charge is -2.13. The highest BCUT2D eigenvalue weighted by Gasteiger charge is 2.22. The number of amides is 1. The molecule has 1 aliphatic rings. The van der Waals surface area contributed by atoms with Crippen molar-refractivity contribution in [3.05, 3.63) is 58.0 Å². The second-order valence-electron chi connectivity index (χ2n) is 5.44. The van der Waals surface area contributed by atoms with Gasteiger partial charge in [-0.25, -0.2) is 0 Å². The zero-order valence-corrected chi connectivity index (χ0v) is 13.3. The number of hydrogen-bond donors (Lipinski definition) is 1. The highest BCUT2D eigenvalue weighted by Crippen LogP contribution is 2.37. The molecule has 0 bridgehead atoms. The van der Waals surface area contributed by atoms with Crippen molar-refractivity contribution in [1.29, 1.82) is 0 Å². The molecule has 118 valence electrons. The predicted octanol–water partition coefficient (Wildman–Crippen LogP) is 2.64. The van der Waals surface area contributed by atoms with Gasteiger partial charge in [0.1, 0.15) is 5.00 Å². The van der Waals surface area contributed by atoms with E-state index >= 15 is 0 Å². The number of carboxylic acid groups (broad SMARTS) is 1. The fourth-order valence-electron chi connectivity index (χ4n) is 2.76. The van der Waals surface area contributed by atoms with Gasteiger partial charge in [0.2, 0.25) is 5.91 Å². The van der Waals surface area contributed by atoms with E-state index in [0.29, 0.717) is 5.00 Å². The largest absolute Gasteiger partial charge is 0.545 e. The number of hydrogen-bond acceptors (Lipinski definition) is 4. The van der Waals surface area contributed by atoms with Crippen molar-refractivity contribution in [3.63, 3.8) is 0 Å². The van der Waals surface area contributed by atoms with Crippen molar-refractivity contribution >= 4 is 34.3 Å². The first-order valence-corrected chi connectivity index (χ1v) is 8.37. The second-order valence-corrected chi connectivity index (χ2v) is 6.54. The molecule has 2 aromatic rings. The summed E-state index contributed by atoms with van der Waals surface area (Å²) in [6, 6.07) is 9.46. The quantitative estimate of drug-likeness (QED) is 0.878. The van der Waals surface area contributed by atoms with Crippen molar-refractivity contribution in [2.24, 2.45) is 0 Å². The number of rotatable bonds is 4. The molecule has 23 heavy (non-hydrogen) atoms. The van der Waals surface area contributed by atoms with Crippen LogP contribution >= 0.6 is 11.3 Å². The van der Waals surface area contributed by atoms with Crippen LogP contribution < -0.4 is 10.4 Å². The van der Waals surface area contributed by atoms with Gasteiger partial charge in [-0.1, -0.05) is 30.3 Å². The molecule has 4 nitrogen and oxygen atoms in total. The van der Waals surface area contributed by atoms with Gasteiger partial charge >= 0.3 is 0 Å². The molecule has 0 fully saturated rings. The van der Waals surface area contributed by atoms with Gasteiger partial charge in [-0.3, -0.25) is 4.79 Å². The first-order valence-electron chi connectivity index (χ1n) is 7.55. The van der Waals surface area contributed by atoms with Crippen LogP contribution in [0.2, 0.25) is 0 Å². The number of nitrogens with one attached hydrogen (secondary N) is 1. The third-order valence-electron chi connectivity index (χ3n) is 3.84. The maximum Gasteiger partial charge on any atom is 0.249 e. The Morgan fingerprint density at radius 2 is 1.87 bits per heavy atom. The first kappa shape index (κ1) is 15.5. The standard InChI is InChI=1S/C18H17NO3S/c20-15(11-10-12-6-2-1-3-7-12)19-17-16(18(21)22)13-8-4-5-9-14(13)23-17/h1-3,6-7,10-11H,4-5,8-9H2,(H,19,20)(H,21,22)/p-1. The van der Waals surface area contributed by atoms with Gasteiger partial charge in [-0.05, 0) is 42.9 Å². The molecule has 1 aromatic carbocycles. The number of anilines is 1. The van der Waals surface area contributed by atoms with Gasteiger partial charge in [0, 0.05) is 16.5 Å². The molecule has 1 aliphatic carbocycles. The summed E-state index contributed by atoms with van der Waals surface area (Å²) >= 11 is 1.35. The third-order valence-corrected chi connectivity index (χ3v) is 5.05. The molecule has 1 N–H and O–H groups in total. The summed E-state index contributed by atoms with van der Waals surface area (Å²) < 4.78 is 0. The monoisotopic (exact) mass is 326 g/mol. The summed E-state index contributed by atoms with van der Waals surface area (Å²) in [6.45, 7) is 0. The lowest BCUT2D eigenvalue weighted by molar-refractivity contribution is -0.254. The minimum absolute atomic E-state index is 0.158. The second kappa shape index (κ2) is 6.79. The van der Waals surface area contributed by atoms with E-state index < -0.39 is 5.97 Å². The van der Waals surface area contributed by atoms with Crippen LogP contribution in [0.3, 0.4) is 0 Å². The van der Waals surface area contributed by atoms with Gasteiger partial charge in [0.25, 0.3) is 0 Å². The molecule has 3 rings (SSSR count). The highest BCUT2D eigenvalue weighted by atomic mass is 32.1. The Balaban J connectivity index is 1.80. The average Bonchev–Trinajstić information content (AvgIpc) is 2.91. The van der Waals surface area contributed by atoms with Crippen LogP contribution in [0.5, 0.6) is 0 Å². The van der Waals surface area contributed by atoms with Crippen molar-refractivity contribution in [3.8, 4) is 0 Å². The molecule has 1 aromatic heterocycles. The van der Waals surface area contributed by atoms with E-state index in [1.807, 2.05) is 30.3 Å². The molecule has 0 radical (unpaired) electrons. The van der Waals surface area contributed by atoms with E-state index in [4.69, 9.17) is 0 Å². The maximum absolute atomic E-state index is 12.1. The zero-order chi connectivity index (χ0) is 16.2. The molecular formula is C18H16NO3S-. The lowest BCUT2D eigenvalue weighted by Crippen LogP contribution is -2.25. The lowest BCUT2D eigenvalue weighted by atomic mass is 9.95. The Hall–Kier alpha value is -2.40. The molecule has 0 aliphatic heterocycles. The fourth-order valence-corrected chi connectivity index (χ4v) is 4.04. The van der Waals surface area contributed by atoms with Crippen LogP contribution in [0.4, 0.5) is 5.00 Å². The summed E-state index contributed by atoms with van der Waals surface area (Å²) in [4.78, 5) is 24.6. The van der Waals surface area contributed by atoms with E-state index in [9.17, 15) is 14.7 Å². The minimum Gasteiger partial charge on any atom is -0.545 e. The number of fused-ring (bicyclic) bond motifs is 1. The molecule has 0 spiro atoms. The van der Waals surface area contributed by atoms with Crippen molar-refractivity contribution in [2.45, 2.75) is 25.7 Å². The van der Waals surface area contributed by atoms with Crippen molar-refractivity contribution in [2.75, 3.05) is 5.32 Å². The van der Waals surface area contributed by atoms with E-state index in [1.54, 1.807) is 6.08 Å². The number of thiophene rings is 1. The van der Waals surface area contributed by atoms with Gasteiger partial charge < -0.3 is 15.2 Å². The number of carbonyl (C=O) groups excluding carboxylic acids is 2. The number of carbonyl (C=O) groups is 2. The fraction of sp³-hybridized carbons (Fsp3) is 0.222. The number of benzene rings is 1. The van der Waals surface area contributed by atoms with Crippen molar-refractivity contribution in [1.82, 2.24) is 0 Å². The highest BCUT2D eigenvalue weighted by molar-refractivity contribution is 7.17. The molecule has 0 unspecified atom stereocenters. The first-order chi connectivity index (χ1) is 11.1. The summed E-state index contributed by atoms with van der Waals surface area (Å²) in [5.74, 6) is -1.55. The molecule has 0 saturated carbocycles. The van der Waals surface area contributed by atoms with Crippen LogP contribution in [0.1, 0.15) is 39.2 Å². The zero-order valence-electron chi connectivity index (χ0n) is 12.5. The smallest absolute Gasteiger partial charge is 0.249 e.